The molecule has 40 heavy (non-hydrogen) atoms. The van der Waals surface area contributed by atoms with Crippen LogP contribution in [0.4, 0.5) is 17.5 Å². The van der Waals surface area contributed by atoms with Gasteiger partial charge in [-0.2, -0.15) is 4.98 Å². The molecule has 11 nitrogen and oxygen atoms in total. The van der Waals surface area contributed by atoms with Crippen LogP contribution in [0, 0.1) is 5.92 Å². The van der Waals surface area contributed by atoms with Crippen molar-refractivity contribution in [2.24, 2.45) is 5.92 Å². The number of fused-ring (bicyclic) bond motifs is 1. The van der Waals surface area contributed by atoms with Gasteiger partial charge in [-0.25, -0.2) is 4.98 Å². The molecule has 3 aromatic rings. The lowest BCUT2D eigenvalue weighted by atomic mass is 9.94. The van der Waals surface area contributed by atoms with E-state index in [1.807, 2.05) is 24.3 Å². The van der Waals surface area contributed by atoms with Gasteiger partial charge in [0.1, 0.15) is 19.0 Å². The molecular formula is C29H35N5O6. The van der Waals surface area contributed by atoms with E-state index >= 15 is 0 Å². The maximum Gasteiger partial charge on any atom is 0.229 e. The Bertz CT molecular complexity index is 1310. The first kappa shape index (κ1) is 27.2. The van der Waals surface area contributed by atoms with E-state index in [1.54, 1.807) is 39.7 Å². The van der Waals surface area contributed by atoms with Gasteiger partial charge in [-0.3, -0.25) is 4.79 Å². The number of methoxy groups -OCH3 is 3. The van der Waals surface area contributed by atoms with Gasteiger partial charge in [0.2, 0.25) is 17.6 Å². The fourth-order valence-corrected chi connectivity index (χ4v) is 5.04. The van der Waals surface area contributed by atoms with Gasteiger partial charge in [-0.05, 0) is 42.5 Å². The fraction of sp³-hybridized carbons (Fsp3) is 0.414. The highest BCUT2D eigenvalue weighted by Crippen LogP contribution is 2.40. The van der Waals surface area contributed by atoms with Crippen molar-refractivity contribution in [1.82, 2.24) is 15.3 Å². The Balaban J connectivity index is 1.18. The van der Waals surface area contributed by atoms with Crippen LogP contribution in [0.15, 0.2) is 42.6 Å². The predicted molar refractivity (Wildman–Crippen MR) is 150 cm³/mol. The molecule has 1 atom stereocenters. The zero-order valence-electron chi connectivity index (χ0n) is 23.1. The number of hydrogen-bond donors (Lipinski definition) is 2. The van der Waals surface area contributed by atoms with Gasteiger partial charge in [0.15, 0.2) is 23.0 Å². The van der Waals surface area contributed by atoms with Gasteiger partial charge in [0, 0.05) is 50.1 Å². The number of benzene rings is 2. The number of carbonyl (C=O) groups is 1. The van der Waals surface area contributed by atoms with Gasteiger partial charge in [-0.1, -0.05) is 6.07 Å². The average Bonchev–Trinajstić information content (AvgIpc) is 2.99. The number of anilines is 3. The SMILES string of the molecule is COc1cc(Nc2nccc(N3CCCC(CC(=O)NCc4ccc5c(c4)OCCO5)C3)n2)cc(OC)c1OC. The first-order valence-electron chi connectivity index (χ1n) is 13.4. The zero-order chi connectivity index (χ0) is 27.9. The third kappa shape index (κ3) is 6.41. The Labute approximate surface area is 233 Å². The second kappa shape index (κ2) is 12.6. The largest absolute Gasteiger partial charge is 0.493 e. The average molecular weight is 550 g/mol. The Morgan fingerprint density at radius 2 is 1.80 bits per heavy atom. The maximum atomic E-state index is 12.8. The number of rotatable bonds is 10. The third-order valence-electron chi connectivity index (χ3n) is 6.98. The smallest absolute Gasteiger partial charge is 0.229 e. The van der Waals surface area contributed by atoms with Gasteiger partial charge in [-0.15, -0.1) is 0 Å². The van der Waals surface area contributed by atoms with Crippen LogP contribution in [0.1, 0.15) is 24.8 Å². The lowest BCUT2D eigenvalue weighted by molar-refractivity contribution is -0.122. The molecule has 2 aliphatic heterocycles. The number of carbonyl (C=O) groups excluding carboxylic acids is 1. The molecule has 1 saturated heterocycles. The van der Waals surface area contributed by atoms with Crippen molar-refractivity contribution in [2.75, 3.05) is 57.8 Å². The molecule has 1 aromatic heterocycles. The third-order valence-corrected chi connectivity index (χ3v) is 6.98. The minimum atomic E-state index is 0.0363. The van der Waals surface area contributed by atoms with Crippen LogP contribution in [-0.4, -0.2) is 63.5 Å². The number of aromatic nitrogens is 2. The van der Waals surface area contributed by atoms with E-state index in [0.717, 1.165) is 48.8 Å². The second-order valence-corrected chi connectivity index (χ2v) is 9.69. The van der Waals surface area contributed by atoms with Crippen LogP contribution in [0.25, 0.3) is 0 Å². The molecule has 5 rings (SSSR count). The highest BCUT2D eigenvalue weighted by molar-refractivity contribution is 5.76. The molecule has 2 N–H and O–H groups in total. The van der Waals surface area contributed by atoms with Crippen LogP contribution in [-0.2, 0) is 11.3 Å². The molecule has 0 bridgehead atoms. The van der Waals surface area contributed by atoms with E-state index in [1.165, 1.54) is 0 Å². The van der Waals surface area contributed by atoms with Gasteiger partial charge >= 0.3 is 0 Å². The molecule has 2 aromatic carbocycles. The summed E-state index contributed by atoms with van der Waals surface area (Å²) in [5.41, 5.74) is 1.69. The predicted octanol–water partition coefficient (Wildman–Crippen LogP) is 3.94. The summed E-state index contributed by atoms with van der Waals surface area (Å²) in [7, 11) is 4.71. The number of nitrogens with zero attached hydrogens (tertiary/aromatic N) is 3. The van der Waals surface area contributed by atoms with Gasteiger partial charge in [0.25, 0.3) is 0 Å². The van der Waals surface area contributed by atoms with Crippen LogP contribution >= 0.6 is 0 Å². The lowest BCUT2D eigenvalue weighted by Crippen LogP contribution is -2.38. The lowest BCUT2D eigenvalue weighted by Gasteiger charge is -2.33. The Morgan fingerprint density at radius 3 is 2.55 bits per heavy atom. The standard InChI is InChI=1S/C29H35N5O6/c1-36-24-15-21(16-25(37-2)28(24)38-3)32-29-30-9-8-26(33-29)34-10-4-5-20(18-34)14-27(35)31-17-19-6-7-22-23(13-19)40-12-11-39-22/h6-9,13,15-16,20H,4-5,10-12,14,17-18H2,1-3H3,(H,31,35)(H,30,32,33). The van der Waals surface area contributed by atoms with E-state index in [0.29, 0.717) is 55.1 Å². The molecule has 1 fully saturated rings. The summed E-state index contributed by atoms with van der Waals surface area (Å²) in [5.74, 6) is 4.58. The summed E-state index contributed by atoms with van der Waals surface area (Å²) < 4.78 is 27.5. The van der Waals surface area contributed by atoms with Crippen molar-refractivity contribution in [3.8, 4) is 28.7 Å². The minimum Gasteiger partial charge on any atom is -0.493 e. The van der Waals surface area contributed by atoms with E-state index in [9.17, 15) is 4.79 Å². The maximum absolute atomic E-state index is 12.8. The quantitative estimate of drug-likeness (QED) is 0.385. The Kier molecular flexibility index (Phi) is 8.58. The summed E-state index contributed by atoms with van der Waals surface area (Å²) in [5, 5.41) is 6.29. The Morgan fingerprint density at radius 1 is 1.02 bits per heavy atom. The fourth-order valence-electron chi connectivity index (χ4n) is 5.04. The molecule has 0 saturated carbocycles. The summed E-state index contributed by atoms with van der Waals surface area (Å²) in [6.45, 7) is 3.17. The van der Waals surface area contributed by atoms with Crippen LogP contribution < -0.4 is 39.2 Å². The topological polar surface area (TPSA) is 116 Å². The zero-order valence-corrected chi connectivity index (χ0v) is 23.1. The minimum absolute atomic E-state index is 0.0363. The monoisotopic (exact) mass is 549 g/mol. The molecule has 0 aliphatic carbocycles. The first-order valence-corrected chi connectivity index (χ1v) is 13.4. The normalized spacial score (nSPS) is 16.2. The van der Waals surface area contributed by atoms with E-state index in [-0.39, 0.29) is 11.8 Å². The summed E-state index contributed by atoms with van der Waals surface area (Å²) in [4.78, 5) is 24.1. The Hall–Kier alpha value is -4.41. The van der Waals surface area contributed by atoms with E-state index < -0.39 is 0 Å². The first-order chi connectivity index (χ1) is 19.6. The van der Waals surface area contributed by atoms with E-state index in [4.69, 9.17) is 28.7 Å². The molecule has 0 radical (unpaired) electrons. The number of hydrogen-bond acceptors (Lipinski definition) is 10. The summed E-state index contributed by atoms with van der Waals surface area (Å²) in [6.07, 6.45) is 4.17. The van der Waals surface area contributed by atoms with Crippen molar-refractivity contribution in [3.63, 3.8) is 0 Å². The number of amides is 1. The van der Waals surface area contributed by atoms with E-state index in [2.05, 4.69) is 20.5 Å². The number of nitrogens with one attached hydrogen (secondary N) is 2. The van der Waals surface area contributed by atoms with Crippen LogP contribution in [0.2, 0.25) is 0 Å². The van der Waals surface area contributed by atoms with Gasteiger partial charge in [0.05, 0.1) is 21.3 Å². The van der Waals surface area contributed by atoms with Crippen molar-refractivity contribution >= 4 is 23.4 Å². The number of ether oxygens (including phenoxy) is 5. The van der Waals surface area contributed by atoms with Crippen molar-refractivity contribution in [1.29, 1.82) is 0 Å². The second-order valence-electron chi connectivity index (χ2n) is 9.69. The molecular weight excluding hydrogens is 514 g/mol. The number of piperidine rings is 1. The molecule has 0 spiro atoms. The highest BCUT2D eigenvalue weighted by atomic mass is 16.6. The molecule has 1 unspecified atom stereocenters. The van der Waals surface area contributed by atoms with Crippen LogP contribution in [0.5, 0.6) is 28.7 Å². The molecule has 212 valence electrons. The highest BCUT2D eigenvalue weighted by Gasteiger charge is 2.24. The summed E-state index contributed by atoms with van der Waals surface area (Å²) in [6, 6.07) is 11.3. The molecule has 11 heteroatoms. The van der Waals surface area contributed by atoms with Crippen molar-refractivity contribution in [3.05, 3.63) is 48.2 Å². The summed E-state index contributed by atoms with van der Waals surface area (Å²) >= 11 is 0. The molecule has 3 heterocycles. The molecule has 1 amide bonds. The van der Waals surface area contributed by atoms with Crippen LogP contribution in [0.3, 0.4) is 0 Å². The van der Waals surface area contributed by atoms with Crippen molar-refractivity contribution in [2.45, 2.75) is 25.8 Å². The molecule has 2 aliphatic rings. The van der Waals surface area contributed by atoms with Crippen molar-refractivity contribution < 1.29 is 28.5 Å². The van der Waals surface area contributed by atoms with Gasteiger partial charge < -0.3 is 39.2 Å².